The summed E-state index contributed by atoms with van der Waals surface area (Å²) in [6.07, 6.45) is 0. The predicted molar refractivity (Wildman–Crippen MR) is 93.9 cm³/mol. The molecule has 0 unspecified atom stereocenters. The number of aryl methyl sites for hydroxylation is 1. The van der Waals surface area contributed by atoms with Crippen LogP contribution in [0.1, 0.15) is 40.2 Å². The first-order valence-electron chi connectivity index (χ1n) is 7.92. The number of anilines is 1. The summed E-state index contributed by atoms with van der Waals surface area (Å²) in [5.74, 6) is 0.253. The molecule has 130 valence electrons. The zero-order valence-corrected chi connectivity index (χ0v) is 15.7. The average Bonchev–Trinajstić information content (AvgIpc) is 2.38. The van der Waals surface area contributed by atoms with Crippen molar-refractivity contribution in [2.45, 2.75) is 46.4 Å². The van der Waals surface area contributed by atoms with Crippen molar-refractivity contribution < 1.29 is 13.2 Å². The van der Waals surface area contributed by atoms with Crippen LogP contribution in [0.15, 0.2) is 23.1 Å². The molecule has 0 aliphatic carbocycles. The molecule has 0 spiro atoms. The summed E-state index contributed by atoms with van der Waals surface area (Å²) in [5.41, 5.74) is 1.17. The molecule has 1 N–H and O–H groups in total. The van der Waals surface area contributed by atoms with Crippen LogP contribution in [0.4, 0.5) is 5.69 Å². The zero-order valence-electron chi connectivity index (χ0n) is 14.9. The highest BCUT2D eigenvalue weighted by atomic mass is 32.2. The third-order valence-electron chi connectivity index (χ3n) is 3.26. The SMILES string of the molecule is CC(=O)Nc1ccc(C)c(S(=O)(=O)N(CC(C)C)CC(C)C)c1. The summed E-state index contributed by atoms with van der Waals surface area (Å²) in [7, 11) is -3.60. The first-order chi connectivity index (χ1) is 10.5. The Morgan fingerprint density at radius 1 is 1.13 bits per heavy atom. The van der Waals surface area contributed by atoms with Gasteiger partial charge in [-0.3, -0.25) is 4.79 Å². The molecule has 0 aromatic heterocycles. The molecule has 0 fully saturated rings. The van der Waals surface area contributed by atoms with Crippen molar-refractivity contribution >= 4 is 21.6 Å². The Morgan fingerprint density at radius 2 is 1.65 bits per heavy atom. The highest BCUT2D eigenvalue weighted by Gasteiger charge is 2.27. The van der Waals surface area contributed by atoms with E-state index in [1.54, 1.807) is 29.4 Å². The predicted octanol–water partition coefficient (Wildman–Crippen LogP) is 3.26. The van der Waals surface area contributed by atoms with E-state index in [0.717, 1.165) is 0 Å². The molecule has 1 aromatic carbocycles. The number of rotatable bonds is 7. The van der Waals surface area contributed by atoms with Crippen LogP contribution in [-0.4, -0.2) is 31.7 Å². The first-order valence-corrected chi connectivity index (χ1v) is 9.36. The summed E-state index contributed by atoms with van der Waals surface area (Å²) in [4.78, 5) is 11.5. The van der Waals surface area contributed by atoms with Gasteiger partial charge in [0.05, 0.1) is 4.90 Å². The van der Waals surface area contributed by atoms with Crippen molar-refractivity contribution in [2.24, 2.45) is 11.8 Å². The molecule has 1 amide bonds. The van der Waals surface area contributed by atoms with Gasteiger partial charge in [0.1, 0.15) is 0 Å². The number of sulfonamides is 1. The largest absolute Gasteiger partial charge is 0.326 e. The lowest BCUT2D eigenvalue weighted by atomic mass is 10.2. The van der Waals surface area contributed by atoms with Crippen LogP contribution in [0.2, 0.25) is 0 Å². The highest BCUT2D eigenvalue weighted by Crippen LogP contribution is 2.25. The van der Waals surface area contributed by atoms with Crippen LogP contribution in [0.3, 0.4) is 0 Å². The number of benzene rings is 1. The number of amides is 1. The molecular formula is C17H28N2O3S. The average molecular weight is 340 g/mol. The lowest BCUT2D eigenvalue weighted by Gasteiger charge is -2.26. The fourth-order valence-corrected chi connectivity index (χ4v) is 4.40. The van der Waals surface area contributed by atoms with Gasteiger partial charge in [0.2, 0.25) is 15.9 Å². The number of hydrogen-bond donors (Lipinski definition) is 1. The Morgan fingerprint density at radius 3 is 2.09 bits per heavy atom. The number of carbonyl (C=O) groups excluding carboxylic acids is 1. The van der Waals surface area contributed by atoms with E-state index in [4.69, 9.17) is 0 Å². The smallest absolute Gasteiger partial charge is 0.243 e. The van der Waals surface area contributed by atoms with E-state index < -0.39 is 10.0 Å². The Kier molecular flexibility index (Phi) is 6.77. The molecule has 0 atom stereocenters. The van der Waals surface area contributed by atoms with Crippen LogP contribution in [-0.2, 0) is 14.8 Å². The monoisotopic (exact) mass is 340 g/mol. The van der Waals surface area contributed by atoms with E-state index in [1.165, 1.54) is 6.92 Å². The molecule has 1 rings (SSSR count). The first kappa shape index (κ1) is 19.6. The van der Waals surface area contributed by atoms with Gasteiger partial charge in [-0.1, -0.05) is 33.8 Å². The van der Waals surface area contributed by atoms with Crippen LogP contribution >= 0.6 is 0 Å². The van der Waals surface area contributed by atoms with Gasteiger partial charge in [0, 0.05) is 25.7 Å². The standard InChI is InChI=1S/C17H28N2O3S/c1-12(2)10-19(11-13(3)4)23(21,22)17-9-16(18-15(6)20)8-7-14(17)5/h7-9,12-13H,10-11H2,1-6H3,(H,18,20). The minimum absolute atomic E-state index is 0.224. The number of nitrogens with one attached hydrogen (secondary N) is 1. The second-order valence-electron chi connectivity index (χ2n) is 6.77. The molecule has 1 aromatic rings. The van der Waals surface area contributed by atoms with Crippen molar-refractivity contribution in [1.82, 2.24) is 4.31 Å². The van der Waals surface area contributed by atoms with Crippen LogP contribution in [0.5, 0.6) is 0 Å². The summed E-state index contributed by atoms with van der Waals surface area (Å²) in [6.45, 7) is 12.1. The van der Waals surface area contributed by atoms with Gasteiger partial charge in [0.15, 0.2) is 0 Å². The summed E-state index contributed by atoms with van der Waals surface area (Å²) < 4.78 is 27.7. The lowest BCUT2D eigenvalue weighted by molar-refractivity contribution is -0.114. The molecule has 0 bridgehead atoms. The number of hydrogen-bond acceptors (Lipinski definition) is 3. The van der Waals surface area contributed by atoms with Gasteiger partial charge in [0.25, 0.3) is 0 Å². The Bertz CT molecular complexity index is 642. The molecule has 0 heterocycles. The van der Waals surface area contributed by atoms with E-state index in [2.05, 4.69) is 5.32 Å². The molecule has 0 saturated carbocycles. The zero-order chi connectivity index (χ0) is 17.8. The third-order valence-corrected chi connectivity index (χ3v) is 5.24. The van der Waals surface area contributed by atoms with E-state index in [1.807, 2.05) is 27.7 Å². The fourth-order valence-electron chi connectivity index (χ4n) is 2.38. The molecule has 0 saturated heterocycles. The van der Waals surface area contributed by atoms with Gasteiger partial charge in [-0.25, -0.2) is 8.42 Å². The number of carbonyl (C=O) groups is 1. The summed E-state index contributed by atoms with van der Waals surface area (Å²) in [5, 5.41) is 2.64. The van der Waals surface area contributed by atoms with Gasteiger partial charge < -0.3 is 5.32 Å². The third kappa shape index (κ3) is 5.62. The van der Waals surface area contributed by atoms with Gasteiger partial charge in [-0.15, -0.1) is 0 Å². The van der Waals surface area contributed by atoms with Crippen LogP contribution < -0.4 is 5.32 Å². The van der Waals surface area contributed by atoms with Crippen molar-refractivity contribution in [2.75, 3.05) is 18.4 Å². The lowest BCUT2D eigenvalue weighted by Crippen LogP contribution is -2.37. The van der Waals surface area contributed by atoms with Crippen molar-refractivity contribution in [3.8, 4) is 0 Å². The van der Waals surface area contributed by atoms with Gasteiger partial charge in [-0.05, 0) is 36.5 Å². The molecular weight excluding hydrogens is 312 g/mol. The normalized spacial score (nSPS) is 12.2. The quantitative estimate of drug-likeness (QED) is 0.828. The van der Waals surface area contributed by atoms with E-state index in [9.17, 15) is 13.2 Å². The Balaban J connectivity index is 3.29. The number of nitrogens with zero attached hydrogens (tertiary/aromatic N) is 1. The van der Waals surface area contributed by atoms with Crippen LogP contribution in [0, 0.1) is 18.8 Å². The minimum Gasteiger partial charge on any atom is -0.326 e. The van der Waals surface area contributed by atoms with E-state index >= 15 is 0 Å². The van der Waals surface area contributed by atoms with Crippen molar-refractivity contribution in [3.63, 3.8) is 0 Å². The van der Waals surface area contributed by atoms with Gasteiger partial charge in [-0.2, -0.15) is 4.31 Å². The topological polar surface area (TPSA) is 66.5 Å². The Hall–Kier alpha value is -1.40. The fraction of sp³-hybridized carbons (Fsp3) is 0.588. The summed E-state index contributed by atoms with van der Waals surface area (Å²) >= 11 is 0. The molecule has 0 aliphatic heterocycles. The molecule has 0 radical (unpaired) electrons. The highest BCUT2D eigenvalue weighted by molar-refractivity contribution is 7.89. The minimum atomic E-state index is -3.60. The van der Waals surface area contributed by atoms with Crippen LogP contribution in [0.25, 0.3) is 0 Å². The Labute approximate surface area is 140 Å². The molecule has 0 aliphatic rings. The van der Waals surface area contributed by atoms with E-state index in [0.29, 0.717) is 24.3 Å². The second-order valence-corrected chi connectivity index (χ2v) is 8.68. The maximum Gasteiger partial charge on any atom is 0.243 e. The maximum atomic E-state index is 13.1. The second kappa shape index (κ2) is 7.93. The maximum absolute atomic E-state index is 13.1. The summed E-state index contributed by atoms with van der Waals surface area (Å²) in [6, 6.07) is 4.98. The molecule has 6 heteroatoms. The van der Waals surface area contributed by atoms with E-state index in [-0.39, 0.29) is 22.6 Å². The molecule has 23 heavy (non-hydrogen) atoms. The van der Waals surface area contributed by atoms with Gasteiger partial charge >= 0.3 is 0 Å². The molecule has 5 nitrogen and oxygen atoms in total. The van der Waals surface area contributed by atoms with Crippen molar-refractivity contribution in [3.05, 3.63) is 23.8 Å². The van der Waals surface area contributed by atoms with Crippen molar-refractivity contribution in [1.29, 1.82) is 0 Å².